The molecule has 23 heavy (non-hydrogen) atoms. The van der Waals surface area contributed by atoms with Gasteiger partial charge in [-0.05, 0) is 35.7 Å². The highest BCUT2D eigenvalue weighted by molar-refractivity contribution is 6.33. The lowest BCUT2D eigenvalue weighted by molar-refractivity contribution is -0.138. The van der Waals surface area contributed by atoms with Gasteiger partial charge >= 0.3 is 5.97 Å². The predicted octanol–water partition coefficient (Wildman–Crippen LogP) is 3.47. The molecule has 0 saturated heterocycles. The molecule has 2 rings (SSSR count). The fraction of sp³-hybridized carbons (Fsp3) is 0.235. The van der Waals surface area contributed by atoms with E-state index in [9.17, 15) is 15.0 Å². The van der Waals surface area contributed by atoms with Gasteiger partial charge in [-0.25, -0.2) is 0 Å². The van der Waals surface area contributed by atoms with E-state index in [0.29, 0.717) is 27.6 Å². The van der Waals surface area contributed by atoms with E-state index in [4.69, 9.17) is 21.1 Å². The topological polar surface area (TPSA) is 76.0 Å². The van der Waals surface area contributed by atoms with Crippen LogP contribution < -0.4 is 9.47 Å². The molecule has 1 atom stereocenters. The summed E-state index contributed by atoms with van der Waals surface area (Å²) in [6.07, 6.45) is 0.165. The highest BCUT2D eigenvalue weighted by atomic mass is 35.5. The van der Waals surface area contributed by atoms with E-state index < -0.39 is 11.9 Å². The molecule has 0 radical (unpaired) electrons. The first kappa shape index (κ1) is 17.0. The van der Waals surface area contributed by atoms with Crippen LogP contribution in [0.2, 0.25) is 5.02 Å². The number of phenolic OH excluding ortho intramolecular Hbond substituents is 1. The summed E-state index contributed by atoms with van der Waals surface area (Å²) in [5, 5.41) is 19.4. The molecule has 5 nitrogen and oxygen atoms in total. The maximum absolute atomic E-state index is 11.6. The first-order chi connectivity index (χ1) is 11.0. The third-order valence-electron chi connectivity index (χ3n) is 3.56. The van der Waals surface area contributed by atoms with Gasteiger partial charge in [-0.2, -0.15) is 0 Å². The van der Waals surface area contributed by atoms with Crippen molar-refractivity contribution in [2.24, 2.45) is 0 Å². The molecule has 2 N–H and O–H groups in total. The van der Waals surface area contributed by atoms with Crippen molar-refractivity contribution in [1.82, 2.24) is 0 Å². The van der Waals surface area contributed by atoms with Gasteiger partial charge < -0.3 is 19.7 Å². The second kappa shape index (κ2) is 7.24. The van der Waals surface area contributed by atoms with E-state index in [1.54, 1.807) is 24.3 Å². The number of hydrogen-bond donors (Lipinski definition) is 2. The lowest BCUT2D eigenvalue weighted by Gasteiger charge is -2.17. The molecule has 0 amide bonds. The smallest absolute Gasteiger partial charge is 0.311 e. The minimum absolute atomic E-state index is 0.0205. The summed E-state index contributed by atoms with van der Waals surface area (Å²) in [4.78, 5) is 11.6. The van der Waals surface area contributed by atoms with E-state index in [1.165, 1.54) is 26.4 Å². The van der Waals surface area contributed by atoms with Crippen molar-refractivity contribution < 1.29 is 24.5 Å². The Morgan fingerprint density at radius 3 is 2.52 bits per heavy atom. The molecule has 2 aromatic rings. The van der Waals surface area contributed by atoms with Gasteiger partial charge in [0.25, 0.3) is 0 Å². The van der Waals surface area contributed by atoms with E-state index in [0.717, 1.165) is 0 Å². The number of carboxylic acids is 1. The molecule has 2 aromatic carbocycles. The summed E-state index contributed by atoms with van der Waals surface area (Å²) >= 11 is 6.31. The lowest BCUT2D eigenvalue weighted by atomic mass is 9.91. The minimum Gasteiger partial charge on any atom is -0.508 e. The molecule has 1 unspecified atom stereocenters. The largest absolute Gasteiger partial charge is 0.508 e. The van der Waals surface area contributed by atoms with Gasteiger partial charge in [0.1, 0.15) is 5.75 Å². The number of ether oxygens (including phenoxy) is 2. The molecule has 0 heterocycles. The molecule has 0 aliphatic carbocycles. The third kappa shape index (κ3) is 3.68. The minimum atomic E-state index is -0.999. The fourth-order valence-electron chi connectivity index (χ4n) is 2.40. The number of carboxylic acid groups (broad SMARTS) is 1. The zero-order valence-corrected chi connectivity index (χ0v) is 13.5. The molecule has 0 fully saturated rings. The Hall–Kier alpha value is -2.40. The van der Waals surface area contributed by atoms with Crippen LogP contribution in [0.5, 0.6) is 17.2 Å². The molecular weight excluding hydrogens is 320 g/mol. The molecule has 0 aliphatic rings. The Bertz CT molecular complexity index is 714. The SMILES string of the molecule is COc1ccc(CC(C(=O)O)c2cccc(O)c2)c(Cl)c1OC. The number of halogens is 1. The summed E-state index contributed by atoms with van der Waals surface area (Å²) in [6.45, 7) is 0. The van der Waals surface area contributed by atoms with Gasteiger partial charge in [0.05, 0.1) is 25.2 Å². The van der Waals surface area contributed by atoms with Gasteiger partial charge in [-0.3, -0.25) is 4.79 Å². The Morgan fingerprint density at radius 2 is 1.96 bits per heavy atom. The van der Waals surface area contributed by atoms with Gasteiger partial charge in [0, 0.05) is 0 Å². The monoisotopic (exact) mass is 336 g/mol. The van der Waals surface area contributed by atoms with Crippen LogP contribution in [0.15, 0.2) is 36.4 Å². The van der Waals surface area contributed by atoms with Crippen molar-refractivity contribution in [2.45, 2.75) is 12.3 Å². The number of hydrogen-bond acceptors (Lipinski definition) is 4. The van der Waals surface area contributed by atoms with Gasteiger partial charge in [-0.1, -0.05) is 29.8 Å². The molecule has 0 aromatic heterocycles. The Kier molecular flexibility index (Phi) is 5.34. The fourth-order valence-corrected chi connectivity index (χ4v) is 2.71. The number of aliphatic carboxylic acids is 1. The van der Waals surface area contributed by atoms with Crippen molar-refractivity contribution in [3.8, 4) is 17.2 Å². The van der Waals surface area contributed by atoms with Crippen LogP contribution in [0.25, 0.3) is 0 Å². The van der Waals surface area contributed by atoms with Crippen LogP contribution in [0, 0.1) is 0 Å². The average Bonchev–Trinajstić information content (AvgIpc) is 2.52. The van der Waals surface area contributed by atoms with Gasteiger partial charge in [-0.15, -0.1) is 0 Å². The summed E-state index contributed by atoms with van der Waals surface area (Å²) in [7, 11) is 2.97. The van der Waals surface area contributed by atoms with Crippen LogP contribution in [-0.2, 0) is 11.2 Å². The lowest BCUT2D eigenvalue weighted by Crippen LogP contribution is -2.14. The van der Waals surface area contributed by atoms with Crippen molar-refractivity contribution in [3.63, 3.8) is 0 Å². The summed E-state index contributed by atoms with van der Waals surface area (Å²) < 4.78 is 10.4. The predicted molar refractivity (Wildman–Crippen MR) is 86.7 cm³/mol. The summed E-state index contributed by atoms with van der Waals surface area (Å²) in [6, 6.07) is 9.59. The maximum Gasteiger partial charge on any atom is 0.311 e. The Labute approximate surface area is 139 Å². The standard InChI is InChI=1S/C17H17ClO5/c1-22-14-7-6-11(15(18)16(14)23-2)9-13(17(20)21)10-4-3-5-12(19)8-10/h3-8,13,19H,9H2,1-2H3,(H,20,21). The van der Waals surface area contributed by atoms with E-state index in [2.05, 4.69) is 0 Å². The first-order valence-corrected chi connectivity index (χ1v) is 7.26. The highest BCUT2D eigenvalue weighted by Crippen LogP contribution is 2.39. The average molecular weight is 337 g/mol. The van der Waals surface area contributed by atoms with E-state index in [-0.39, 0.29) is 12.2 Å². The molecule has 0 saturated carbocycles. The van der Waals surface area contributed by atoms with Crippen molar-refractivity contribution >= 4 is 17.6 Å². The Morgan fingerprint density at radius 1 is 1.22 bits per heavy atom. The highest BCUT2D eigenvalue weighted by Gasteiger charge is 2.23. The quantitative estimate of drug-likeness (QED) is 0.844. The molecule has 0 aliphatic heterocycles. The summed E-state index contributed by atoms with van der Waals surface area (Å²) in [5.41, 5.74) is 1.13. The van der Waals surface area contributed by atoms with Crippen molar-refractivity contribution in [1.29, 1.82) is 0 Å². The molecule has 0 spiro atoms. The number of methoxy groups -OCH3 is 2. The number of benzene rings is 2. The van der Waals surface area contributed by atoms with E-state index in [1.807, 2.05) is 0 Å². The molecule has 122 valence electrons. The van der Waals surface area contributed by atoms with Crippen LogP contribution in [-0.4, -0.2) is 30.4 Å². The zero-order valence-electron chi connectivity index (χ0n) is 12.7. The van der Waals surface area contributed by atoms with E-state index >= 15 is 0 Å². The van der Waals surface area contributed by atoms with Crippen LogP contribution in [0.1, 0.15) is 17.0 Å². The first-order valence-electron chi connectivity index (χ1n) is 6.89. The van der Waals surface area contributed by atoms with Gasteiger partial charge in [0.15, 0.2) is 11.5 Å². The van der Waals surface area contributed by atoms with Crippen molar-refractivity contribution in [2.75, 3.05) is 14.2 Å². The van der Waals surface area contributed by atoms with Crippen LogP contribution >= 0.6 is 11.6 Å². The third-order valence-corrected chi connectivity index (χ3v) is 3.97. The number of phenols is 1. The number of aromatic hydroxyl groups is 1. The van der Waals surface area contributed by atoms with Gasteiger partial charge in [0.2, 0.25) is 0 Å². The number of rotatable bonds is 6. The second-order valence-electron chi connectivity index (χ2n) is 4.96. The molecule has 0 bridgehead atoms. The number of carbonyl (C=O) groups is 1. The zero-order chi connectivity index (χ0) is 17.0. The molecular formula is C17H17ClO5. The Balaban J connectivity index is 2.40. The maximum atomic E-state index is 11.6. The van der Waals surface area contributed by atoms with Crippen LogP contribution in [0.3, 0.4) is 0 Å². The van der Waals surface area contributed by atoms with Crippen molar-refractivity contribution in [3.05, 3.63) is 52.5 Å². The van der Waals surface area contributed by atoms with Crippen LogP contribution in [0.4, 0.5) is 0 Å². The normalized spacial score (nSPS) is 11.8. The molecule has 6 heteroatoms. The summed E-state index contributed by atoms with van der Waals surface area (Å²) in [5.74, 6) is -0.969. The second-order valence-corrected chi connectivity index (χ2v) is 5.34.